The molecular formula is C27H30N6O. The third-order valence-corrected chi connectivity index (χ3v) is 6.49. The van der Waals surface area contributed by atoms with Gasteiger partial charge in [0.15, 0.2) is 5.82 Å². The lowest BCUT2D eigenvalue weighted by atomic mass is 10.0. The van der Waals surface area contributed by atoms with Crippen molar-refractivity contribution in [3.8, 4) is 5.75 Å². The van der Waals surface area contributed by atoms with Crippen LogP contribution in [-0.2, 0) is 13.0 Å². The molecule has 7 nitrogen and oxygen atoms in total. The Morgan fingerprint density at radius 2 is 1.50 bits per heavy atom. The average molecular weight is 455 g/mol. The molecule has 0 saturated carbocycles. The Morgan fingerprint density at radius 3 is 2.18 bits per heavy atom. The van der Waals surface area contributed by atoms with E-state index in [1.807, 2.05) is 22.9 Å². The first-order chi connectivity index (χ1) is 16.8. The molecule has 1 aromatic heterocycles. The van der Waals surface area contributed by atoms with Gasteiger partial charge in [-0.2, -0.15) is 0 Å². The van der Waals surface area contributed by atoms with Gasteiger partial charge in [0.25, 0.3) is 0 Å². The highest BCUT2D eigenvalue weighted by Gasteiger charge is 2.30. The molecule has 0 spiro atoms. The van der Waals surface area contributed by atoms with E-state index in [2.05, 4.69) is 92.1 Å². The summed E-state index contributed by atoms with van der Waals surface area (Å²) in [5.74, 6) is 1.79. The average Bonchev–Trinajstić information content (AvgIpc) is 3.37. The van der Waals surface area contributed by atoms with E-state index in [9.17, 15) is 0 Å². The minimum Gasteiger partial charge on any atom is -0.497 e. The van der Waals surface area contributed by atoms with Crippen LogP contribution in [0.4, 0.5) is 5.69 Å². The van der Waals surface area contributed by atoms with Gasteiger partial charge in [-0.25, -0.2) is 4.68 Å². The molecule has 0 aliphatic carbocycles. The van der Waals surface area contributed by atoms with Crippen molar-refractivity contribution in [2.45, 2.75) is 19.0 Å². The maximum Gasteiger partial charge on any atom is 0.173 e. The maximum atomic E-state index is 5.31. The second-order valence-electron chi connectivity index (χ2n) is 8.53. The zero-order valence-corrected chi connectivity index (χ0v) is 19.5. The standard InChI is InChI=1S/C27H30N6O/c1-34-25-14-12-24(13-15-25)31-18-20-32(21-19-31)26(23-10-6-3-7-11-23)27-28-29-30-33(27)17-16-22-8-4-2-5-9-22/h2-15,26H,16-21H2,1H3/t26-/m0/s1. The van der Waals surface area contributed by atoms with Crippen molar-refractivity contribution in [3.63, 3.8) is 0 Å². The SMILES string of the molecule is COc1ccc(N2CCN([C@@H](c3ccccc3)c3nnnn3CCc3ccccc3)CC2)cc1. The van der Waals surface area contributed by atoms with Gasteiger partial charge in [0.1, 0.15) is 5.75 Å². The predicted molar refractivity (Wildman–Crippen MR) is 133 cm³/mol. The second-order valence-corrected chi connectivity index (χ2v) is 8.53. The molecule has 0 unspecified atom stereocenters. The number of rotatable bonds is 8. The van der Waals surface area contributed by atoms with Gasteiger partial charge >= 0.3 is 0 Å². The quantitative estimate of drug-likeness (QED) is 0.403. The lowest BCUT2D eigenvalue weighted by Gasteiger charge is -2.40. The smallest absolute Gasteiger partial charge is 0.173 e. The molecule has 3 aromatic carbocycles. The molecule has 7 heteroatoms. The van der Waals surface area contributed by atoms with Crippen LogP contribution in [0, 0.1) is 0 Å². The van der Waals surface area contributed by atoms with Crippen LogP contribution < -0.4 is 9.64 Å². The van der Waals surface area contributed by atoms with Crippen LogP contribution in [0.1, 0.15) is 23.0 Å². The molecule has 4 aromatic rings. The summed E-state index contributed by atoms with van der Waals surface area (Å²) in [5, 5.41) is 12.9. The van der Waals surface area contributed by atoms with E-state index in [0.29, 0.717) is 0 Å². The summed E-state index contributed by atoms with van der Waals surface area (Å²) in [7, 11) is 1.70. The van der Waals surface area contributed by atoms with Gasteiger partial charge in [-0.05, 0) is 52.2 Å². The lowest BCUT2D eigenvalue weighted by molar-refractivity contribution is 0.200. The van der Waals surface area contributed by atoms with Crippen LogP contribution in [-0.4, -0.2) is 58.4 Å². The van der Waals surface area contributed by atoms with Crippen LogP contribution in [0.2, 0.25) is 0 Å². The van der Waals surface area contributed by atoms with Crippen molar-refractivity contribution in [2.75, 3.05) is 38.2 Å². The molecule has 5 rings (SSSR count). The van der Waals surface area contributed by atoms with E-state index in [0.717, 1.165) is 50.7 Å². The zero-order chi connectivity index (χ0) is 23.2. The van der Waals surface area contributed by atoms with Crippen LogP contribution in [0.15, 0.2) is 84.9 Å². The number of methoxy groups -OCH3 is 1. The highest BCUT2D eigenvalue weighted by molar-refractivity contribution is 5.49. The summed E-state index contributed by atoms with van der Waals surface area (Å²) < 4.78 is 7.28. The number of aromatic nitrogens is 4. The van der Waals surface area contributed by atoms with Crippen LogP contribution in [0.3, 0.4) is 0 Å². The molecule has 1 saturated heterocycles. The van der Waals surface area contributed by atoms with Gasteiger partial charge in [-0.1, -0.05) is 60.7 Å². The van der Waals surface area contributed by atoms with Gasteiger partial charge in [0.2, 0.25) is 0 Å². The van der Waals surface area contributed by atoms with Gasteiger partial charge in [0, 0.05) is 38.4 Å². The minimum absolute atomic E-state index is 0.0185. The number of hydrogen-bond acceptors (Lipinski definition) is 6. The Labute approximate surface area is 200 Å². The third-order valence-electron chi connectivity index (χ3n) is 6.49. The lowest BCUT2D eigenvalue weighted by Crippen LogP contribution is -2.48. The van der Waals surface area contributed by atoms with Crippen molar-refractivity contribution in [1.29, 1.82) is 0 Å². The number of piperazine rings is 1. The normalized spacial score (nSPS) is 15.3. The number of tetrazole rings is 1. The maximum absolute atomic E-state index is 5.31. The molecule has 2 heterocycles. The fourth-order valence-electron chi connectivity index (χ4n) is 4.64. The summed E-state index contributed by atoms with van der Waals surface area (Å²) in [6, 6.07) is 29.4. The fourth-order valence-corrected chi connectivity index (χ4v) is 4.64. The van der Waals surface area contributed by atoms with Gasteiger partial charge in [-0.15, -0.1) is 5.10 Å². The van der Waals surface area contributed by atoms with Crippen LogP contribution in [0.5, 0.6) is 5.75 Å². The third kappa shape index (κ3) is 4.94. The van der Waals surface area contributed by atoms with Crippen LogP contribution >= 0.6 is 0 Å². The number of nitrogens with zero attached hydrogens (tertiary/aromatic N) is 6. The molecule has 1 fully saturated rings. The monoisotopic (exact) mass is 454 g/mol. The molecule has 0 N–H and O–H groups in total. The number of benzene rings is 3. The molecule has 174 valence electrons. The van der Waals surface area contributed by atoms with E-state index in [1.165, 1.54) is 16.8 Å². The fraction of sp³-hybridized carbons (Fsp3) is 0.296. The molecule has 34 heavy (non-hydrogen) atoms. The molecular weight excluding hydrogens is 424 g/mol. The van der Waals surface area contributed by atoms with E-state index >= 15 is 0 Å². The van der Waals surface area contributed by atoms with E-state index < -0.39 is 0 Å². The van der Waals surface area contributed by atoms with Gasteiger partial charge < -0.3 is 9.64 Å². The van der Waals surface area contributed by atoms with Gasteiger partial charge in [-0.3, -0.25) is 4.90 Å². The summed E-state index contributed by atoms with van der Waals surface area (Å²) in [6.07, 6.45) is 0.894. The van der Waals surface area contributed by atoms with E-state index in [4.69, 9.17) is 4.74 Å². The van der Waals surface area contributed by atoms with Crippen molar-refractivity contribution in [1.82, 2.24) is 25.1 Å². The summed E-state index contributed by atoms with van der Waals surface area (Å²) in [4.78, 5) is 4.93. The summed E-state index contributed by atoms with van der Waals surface area (Å²) in [6.45, 7) is 4.50. The number of ether oxygens (including phenoxy) is 1. The molecule has 1 aliphatic heterocycles. The Balaban J connectivity index is 1.34. The topological polar surface area (TPSA) is 59.3 Å². The minimum atomic E-state index is 0.0185. The van der Waals surface area contributed by atoms with Crippen molar-refractivity contribution in [2.24, 2.45) is 0 Å². The first kappa shape index (κ1) is 22.1. The van der Waals surface area contributed by atoms with E-state index in [-0.39, 0.29) is 6.04 Å². The number of anilines is 1. The molecule has 0 amide bonds. The van der Waals surface area contributed by atoms with E-state index in [1.54, 1.807) is 7.11 Å². The molecule has 1 atom stereocenters. The molecule has 0 bridgehead atoms. The Kier molecular flexibility index (Phi) is 6.81. The highest BCUT2D eigenvalue weighted by atomic mass is 16.5. The Bertz CT molecular complexity index is 1150. The summed E-state index contributed by atoms with van der Waals surface area (Å²) >= 11 is 0. The predicted octanol–water partition coefficient (Wildman–Crippen LogP) is 3.84. The molecule has 0 radical (unpaired) electrons. The first-order valence-electron chi connectivity index (χ1n) is 11.8. The number of hydrogen-bond donors (Lipinski definition) is 0. The highest BCUT2D eigenvalue weighted by Crippen LogP contribution is 2.29. The first-order valence-corrected chi connectivity index (χ1v) is 11.8. The Morgan fingerprint density at radius 1 is 0.824 bits per heavy atom. The van der Waals surface area contributed by atoms with Crippen LogP contribution in [0.25, 0.3) is 0 Å². The number of aryl methyl sites for hydroxylation is 2. The second kappa shape index (κ2) is 10.5. The van der Waals surface area contributed by atoms with Crippen molar-refractivity contribution >= 4 is 5.69 Å². The zero-order valence-electron chi connectivity index (χ0n) is 19.5. The van der Waals surface area contributed by atoms with Gasteiger partial charge in [0.05, 0.1) is 13.2 Å². The summed E-state index contributed by atoms with van der Waals surface area (Å²) in [5.41, 5.74) is 3.73. The van der Waals surface area contributed by atoms with Crippen molar-refractivity contribution < 1.29 is 4.74 Å². The Hall–Kier alpha value is -3.71. The molecule has 1 aliphatic rings. The van der Waals surface area contributed by atoms with Crippen molar-refractivity contribution in [3.05, 3.63) is 102 Å². The largest absolute Gasteiger partial charge is 0.497 e.